The van der Waals surface area contributed by atoms with E-state index >= 15 is 0 Å². The van der Waals surface area contributed by atoms with Crippen LogP contribution in [0.5, 0.6) is 11.5 Å². The summed E-state index contributed by atoms with van der Waals surface area (Å²) in [6, 6.07) is 16.2. The molecule has 0 amide bonds. The van der Waals surface area contributed by atoms with Gasteiger partial charge in [-0.3, -0.25) is 4.99 Å². The first-order chi connectivity index (χ1) is 15.7. The smallest absolute Gasteiger partial charge is 0.195 e. The average molecular weight is 441 g/mol. The van der Waals surface area contributed by atoms with Crippen LogP contribution in [0, 0.1) is 5.92 Å². The molecule has 2 aromatic rings. The zero-order valence-electron chi connectivity index (χ0n) is 19.5. The molecule has 1 unspecified atom stereocenters. The van der Waals surface area contributed by atoms with Gasteiger partial charge < -0.3 is 29.7 Å². The minimum atomic E-state index is 0.520. The Bertz CT molecular complexity index is 859. The van der Waals surface area contributed by atoms with Gasteiger partial charge in [0.05, 0.1) is 13.7 Å². The molecule has 7 nitrogen and oxygen atoms in total. The van der Waals surface area contributed by atoms with E-state index in [-0.39, 0.29) is 0 Å². The van der Waals surface area contributed by atoms with Gasteiger partial charge in [0, 0.05) is 69.8 Å². The third-order valence-electron chi connectivity index (χ3n) is 5.41. The highest BCUT2D eigenvalue weighted by Crippen LogP contribution is 2.27. The molecule has 0 radical (unpaired) electrons. The van der Waals surface area contributed by atoms with Crippen LogP contribution < -0.4 is 25.0 Å². The van der Waals surface area contributed by atoms with Crippen molar-refractivity contribution in [3.63, 3.8) is 0 Å². The number of guanidine groups is 1. The number of aliphatic imine (C=N–C) groups is 1. The van der Waals surface area contributed by atoms with E-state index in [9.17, 15) is 0 Å². The number of hydrogen-bond donors (Lipinski definition) is 2. The molecule has 3 rings (SSSR count). The Morgan fingerprint density at radius 2 is 1.94 bits per heavy atom. The molecule has 1 atom stereocenters. The Morgan fingerprint density at radius 3 is 2.75 bits per heavy atom. The first kappa shape index (κ1) is 23.7. The largest absolute Gasteiger partial charge is 0.497 e. The average Bonchev–Trinajstić information content (AvgIpc) is 3.30. The Labute approximate surface area is 191 Å². The van der Waals surface area contributed by atoms with Crippen molar-refractivity contribution < 1.29 is 14.2 Å². The fourth-order valence-corrected chi connectivity index (χ4v) is 3.74. The van der Waals surface area contributed by atoms with Gasteiger partial charge in [0.15, 0.2) is 5.96 Å². The van der Waals surface area contributed by atoms with Crippen molar-refractivity contribution in [2.24, 2.45) is 10.9 Å². The summed E-state index contributed by atoms with van der Waals surface area (Å²) >= 11 is 0. The maximum Gasteiger partial charge on any atom is 0.195 e. The predicted molar refractivity (Wildman–Crippen MR) is 131 cm³/mol. The summed E-state index contributed by atoms with van der Waals surface area (Å²) in [5.74, 6) is 3.05. The van der Waals surface area contributed by atoms with Crippen molar-refractivity contribution in [2.45, 2.75) is 19.8 Å². The Balaban J connectivity index is 1.55. The van der Waals surface area contributed by atoms with Crippen molar-refractivity contribution in [1.29, 1.82) is 0 Å². The second-order valence-electron chi connectivity index (χ2n) is 7.87. The van der Waals surface area contributed by atoms with Gasteiger partial charge in [-0.1, -0.05) is 12.1 Å². The molecule has 0 saturated carbocycles. The summed E-state index contributed by atoms with van der Waals surface area (Å²) in [5.41, 5.74) is 2.17. The number of nitrogens with zero attached hydrogens (tertiary/aromatic N) is 2. The molecule has 0 spiro atoms. The minimum absolute atomic E-state index is 0.520. The highest BCUT2D eigenvalue weighted by atomic mass is 16.5. The summed E-state index contributed by atoms with van der Waals surface area (Å²) < 4.78 is 16.2. The second kappa shape index (κ2) is 12.8. The van der Waals surface area contributed by atoms with Crippen molar-refractivity contribution >= 4 is 17.3 Å². The van der Waals surface area contributed by atoms with E-state index in [0.717, 1.165) is 62.2 Å². The molecule has 0 aliphatic carbocycles. The molecule has 1 heterocycles. The van der Waals surface area contributed by atoms with Crippen LogP contribution in [-0.2, 0) is 4.74 Å². The van der Waals surface area contributed by atoms with Gasteiger partial charge in [-0.15, -0.1) is 0 Å². The molecule has 1 aliphatic rings. The van der Waals surface area contributed by atoms with Crippen LogP contribution in [0.4, 0.5) is 11.4 Å². The number of ether oxygens (including phenoxy) is 3. The van der Waals surface area contributed by atoms with Gasteiger partial charge in [0.25, 0.3) is 0 Å². The summed E-state index contributed by atoms with van der Waals surface area (Å²) in [6.07, 6.45) is 2.00. The molecule has 0 bridgehead atoms. The third-order valence-corrected chi connectivity index (χ3v) is 5.41. The van der Waals surface area contributed by atoms with Gasteiger partial charge in [-0.2, -0.15) is 0 Å². The van der Waals surface area contributed by atoms with E-state index in [0.29, 0.717) is 19.1 Å². The summed E-state index contributed by atoms with van der Waals surface area (Å²) in [7, 11) is 3.41. The van der Waals surface area contributed by atoms with Crippen LogP contribution in [0.1, 0.15) is 19.8 Å². The van der Waals surface area contributed by atoms with Gasteiger partial charge in [-0.05, 0) is 43.5 Å². The van der Waals surface area contributed by atoms with Crippen LogP contribution >= 0.6 is 0 Å². The van der Waals surface area contributed by atoms with Gasteiger partial charge in [-0.25, -0.2) is 0 Å². The van der Waals surface area contributed by atoms with Crippen LogP contribution in [0.15, 0.2) is 53.5 Å². The van der Waals surface area contributed by atoms with E-state index in [2.05, 4.69) is 34.6 Å². The normalized spacial score (nSPS) is 16.2. The van der Waals surface area contributed by atoms with E-state index in [4.69, 9.17) is 19.2 Å². The lowest BCUT2D eigenvalue weighted by Gasteiger charge is -2.19. The number of hydrogen-bond acceptors (Lipinski definition) is 5. The maximum absolute atomic E-state index is 5.81. The van der Waals surface area contributed by atoms with Crippen LogP contribution in [-0.4, -0.2) is 59.6 Å². The Hall–Kier alpha value is -2.93. The SMILES string of the molecule is CCNC(=NCC1CCN(c2cccc(OC)c2)C1)Nc1cccc(OCCCOC)c1. The monoisotopic (exact) mass is 440 g/mol. The fraction of sp³-hybridized carbons (Fsp3) is 0.480. The zero-order chi connectivity index (χ0) is 22.6. The molecule has 1 aliphatic heterocycles. The second-order valence-corrected chi connectivity index (χ2v) is 7.87. The number of rotatable bonds is 11. The van der Waals surface area contributed by atoms with Crippen LogP contribution in [0.2, 0.25) is 0 Å². The molecule has 2 N–H and O–H groups in total. The number of nitrogens with one attached hydrogen (secondary N) is 2. The fourth-order valence-electron chi connectivity index (χ4n) is 3.74. The lowest BCUT2D eigenvalue weighted by Crippen LogP contribution is -2.31. The quantitative estimate of drug-likeness (QED) is 0.313. The topological polar surface area (TPSA) is 67.4 Å². The minimum Gasteiger partial charge on any atom is -0.497 e. The first-order valence-electron chi connectivity index (χ1n) is 11.4. The van der Waals surface area contributed by atoms with Gasteiger partial charge in [0.2, 0.25) is 0 Å². The third kappa shape index (κ3) is 7.34. The van der Waals surface area contributed by atoms with Gasteiger partial charge in [0.1, 0.15) is 11.5 Å². The van der Waals surface area contributed by atoms with Crippen molar-refractivity contribution in [2.75, 3.05) is 63.8 Å². The lowest BCUT2D eigenvalue weighted by molar-refractivity contribution is 0.172. The molecule has 174 valence electrons. The Kier molecular flexibility index (Phi) is 9.50. The predicted octanol–water partition coefficient (Wildman–Crippen LogP) is 4.01. The standard InChI is InChI=1S/C25H36N4O3/c1-4-26-25(28-21-8-5-11-24(16-21)32-15-7-14-30-2)27-18-20-12-13-29(19-20)22-9-6-10-23(17-22)31-3/h5-6,8-11,16-17,20H,4,7,12-15,18-19H2,1-3H3,(H2,26,27,28). The molecule has 32 heavy (non-hydrogen) atoms. The summed E-state index contributed by atoms with van der Waals surface area (Å²) in [4.78, 5) is 7.26. The van der Waals surface area contributed by atoms with Crippen molar-refractivity contribution in [3.8, 4) is 11.5 Å². The van der Waals surface area contributed by atoms with Crippen LogP contribution in [0.3, 0.4) is 0 Å². The van der Waals surface area contributed by atoms with Crippen LogP contribution in [0.25, 0.3) is 0 Å². The lowest BCUT2D eigenvalue weighted by atomic mass is 10.1. The van der Waals surface area contributed by atoms with Crippen molar-refractivity contribution in [1.82, 2.24) is 5.32 Å². The van der Waals surface area contributed by atoms with E-state index in [1.165, 1.54) is 5.69 Å². The molecule has 1 fully saturated rings. The molecule has 2 aromatic carbocycles. The Morgan fingerprint density at radius 1 is 1.09 bits per heavy atom. The van der Waals surface area contributed by atoms with E-state index in [1.54, 1.807) is 14.2 Å². The van der Waals surface area contributed by atoms with Crippen molar-refractivity contribution in [3.05, 3.63) is 48.5 Å². The molecular weight excluding hydrogens is 404 g/mol. The summed E-state index contributed by atoms with van der Waals surface area (Å²) in [6.45, 7) is 7.04. The van der Waals surface area contributed by atoms with Gasteiger partial charge >= 0.3 is 0 Å². The highest BCUT2D eigenvalue weighted by Gasteiger charge is 2.23. The molecule has 1 saturated heterocycles. The highest BCUT2D eigenvalue weighted by molar-refractivity contribution is 5.93. The molecular formula is C25H36N4O3. The number of anilines is 2. The molecule has 0 aromatic heterocycles. The number of methoxy groups -OCH3 is 2. The molecule has 7 heteroatoms. The van der Waals surface area contributed by atoms with E-state index < -0.39 is 0 Å². The number of benzene rings is 2. The maximum atomic E-state index is 5.81. The first-order valence-corrected chi connectivity index (χ1v) is 11.4. The zero-order valence-corrected chi connectivity index (χ0v) is 19.5. The summed E-state index contributed by atoms with van der Waals surface area (Å²) in [5, 5.41) is 6.75. The van der Waals surface area contributed by atoms with E-state index in [1.807, 2.05) is 36.4 Å².